The number of nitrogens with zero attached hydrogens (tertiary/aromatic N) is 3. The SMILES string of the molecule is CC1(C)C(Cl)CC23C4CC(=O)N2C=CC2=NC(=O)NC21N3c1cc(Br)c(Br)cc14. The van der Waals surface area contributed by atoms with E-state index >= 15 is 0 Å². The van der Waals surface area contributed by atoms with Crippen LogP contribution in [0.5, 0.6) is 0 Å². The van der Waals surface area contributed by atoms with E-state index in [1.807, 2.05) is 11.0 Å². The molecule has 2 fully saturated rings. The van der Waals surface area contributed by atoms with E-state index in [2.05, 4.69) is 73.0 Å². The Labute approximate surface area is 189 Å². The van der Waals surface area contributed by atoms with E-state index in [9.17, 15) is 9.59 Å². The van der Waals surface area contributed by atoms with Crippen molar-refractivity contribution in [1.29, 1.82) is 0 Å². The van der Waals surface area contributed by atoms with Gasteiger partial charge in [0.05, 0.1) is 5.71 Å². The predicted octanol–water partition coefficient (Wildman–Crippen LogP) is 4.47. The minimum absolute atomic E-state index is 0.0508. The molecule has 29 heavy (non-hydrogen) atoms. The first-order valence-corrected chi connectivity index (χ1v) is 11.5. The molecule has 0 radical (unpaired) electrons. The van der Waals surface area contributed by atoms with E-state index in [-0.39, 0.29) is 23.2 Å². The number of rotatable bonds is 0. The first-order chi connectivity index (χ1) is 13.6. The highest BCUT2D eigenvalue weighted by Gasteiger charge is 2.76. The van der Waals surface area contributed by atoms with Crippen molar-refractivity contribution < 1.29 is 9.59 Å². The molecule has 6 rings (SSSR count). The number of fused-ring (bicyclic) bond motifs is 2. The monoisotopic (exact) mass is 538 g/mol. The highest BCUT2D eigenvalue weighted by molar-refractivity contribution is 9.13. The van der Waals surface area contributed by atoms with Crippen molar-refractivity contribution in [3.63, 3.8) is 0 Å². The fraction of sp³-hybridized carbons (Fsp3) is 0.450. The molecule has 9 heteroatoms. The molecule has 4 atom stereocenters. The van der Waals surface area contributed by atoms with Gasteiger partial charge < -0.3 is 10.2 Å². The van der Waals surface area contributed by atoms with Gasteiger partial charge in [-0.1, -0.05) is 13.8 Å². The zero-order valence-corrected chi connectivity index (χ0v) is 19.6. The fourth-order valence-corrected chi connectivity index (χ4v) is 7.20. The van der Waals surface area contributed by atoms with Gasteiger partial charge in [0.25, 0.3) is 0 Å². The number of anilines is 1. The van der Waals surface area contributed by atoms with Gasteiger partial charge in [-0.05, 0) is 55.6 Å². The Morgan fingerprint density at radius 1 is 1.24 bits per heavy atom. The summed E-state index contributed by atoms with van der Waals surface area (Å²) in [5.74, 6) is 0.0108. The van der Waals surface area contributed by atoms with Gasteiger partial charge in [0.1, 0.15) is 5.66 Å². The Hall–Kier alpha value is -1.38. The molecule has 3 amide bonds. The second kappa shape index (κ2) is 5.26. The number of aliphatic imine (C=N–C) groups is 1. The number of piperidine rings is 1. The van der Waals surface area contributed by atoms with E-state index < -0.39 is 16.7 Å². The van der Waals surface area contributed by atoms with E-state index in [4.69, 9.17) is 11.6 Å². The molecule has 1 aromatic rings. The zero-order chi connectivity index (χ0) is 20.5. The van der Waals surface area contributed by atoms with Gasteiger partial charge in [-0.25, -0.2) is 4.79 Å². The second-order valence-electron chi connectivity index (χ2n) is 8.91. The maximum atomic E-state index is 13.1. The van der Waals surface area contributed by atoms with Crippen molar-refractivity contribution in [3.8, 4) is 0 Å². The lowest BCUT2D eigenvalue weighted by Crippen LogP contribution is -2.81. The average molecular weight is 541 g/mol. The van der Waals surface area contributed by atoms with Crippen molar-refractivity contribution >= 4 is 66.8 Å². The number of benzene rings is 1. The van der Waals surface area contributed by atoms with Crippen LogP contribution in [0, 0.1) is 5.41 Å². The molecule has 0 aromatic heterocycles. The lowest BCUT2D eigenvalue weighted by molar-refractivity contribution is -0.129. The molecule has 4 unspecified atom stereocenters. The molecule has 0 saturated carbocycles. The summed E-state index contributed by atoms with van der Waals surface area (Å²) in [5, 5.41) is 2.89. The first kappa shape index (κ1) is 18.4. The molecule has 5 aliphatic heterocycles. The normalized spacial score (nSPS) is 37.8. The molecular formula is C20H17Br2ClN4O2. The van der Waals surface area contributed by atoms with Crippen LogP contribution in [0.25, 0.3) is 0 Å². The largest absolute Gasteiger partial charge is 0.343 e. The van der Waals surface area contributed by atoms with E-state index in [0.717, 1.165) is 20.2 Å². The van der Waals surface area contributed by atoms with Gasteiger partial charge in [0, 0.05) is 50.4 Å². The molecule has 6 nitrogen and oxygen atoms in total. The minimum atomic E-state index is -0.943. The third kappa shape index (κ3) is 1.80. The van der Waals surface area contributed by atoms with Crippen LogP contribution in [0.1, 0.15) is 38.2 Å². The maximum absolute atomic E-state index is 13.1. The van der Waals surface area contributed by atoms with E-state index in [1.165, 1.54) is 0 Å². The summed E-state index contributed by atoms with van der Waals surface area (Å²) in [6.45, 7) is 4.14. The first-order valence-electron chi connectivity index (χ1n) is 9.49. The topological polar surface area (TPSA) is 65.0 Å². The van der Waals surface area contributed by atoms with Gasteiger partial charge in [-0.3, -0.25) is 9.69 Å². The number of halogens is 3. The van der Waals surface area contributed by atoms with Crippen molar-refractivity contribution in [2.24, 2.45) is 10.4 Å². The van der Waals surface area contributed by atoms with Crippen molar-refractivity contribution in [2.45, 2.75) is 49.3 Å². The van der Waals surface area contributed by atoms with Gasteiger partial charge >= 0.3 is 6.03 Å². The minimum Gasteiger partial charge on any atom is -0.318 e. The highest BCUT2D eigenvalue weighted by Crippen LogP contribution is 2.67. The van der Waals surface area contributed by atoms with Crippen LogP contribution in [0.2, 0.25) is 0 Å². The number of hydrogen-bond acceptors (Lipinski definition) is 3. The summed E-state index contributed by atoms with van der Waals surface area (Å²) in [6, 6.07) is 3.78. The van der Waals surface area contributed by atoms with Crippen LogP contribution in [-0.4, -0.2) is 39.3 Å². The smallest absolute Gasteiger partial charge is 0.318 e. The molecular weight excluding hydrogens is 524 g/mol. The van der Waals surface area contributed by atoms with Gasteiger partial charge in [-0.15, -0.1) is 11.6 Å². The van der Waals surface area contributed by atoms with Crippen LogP contribution < -0.4 is 10.2 Å². The van der Waals surface area contributed by atoms with E-state index in [0.29, 0.717) is 18.6 Å². The Kier molecular flexibility index (Phi) is 3.34. The molecule has 150 valence electrons. The second-order valence-corrected chi connectivity index (χ2v) is 11.1. The molecule has 2 bridgehead atoms. The number of carbonyl (C=O) groups is 2. The molecule has 0 aliphatic carbocycles. The van der Waals surface area contributed by atoms with Gasteiger partial charge in [0.15, 0.2) is 5.66 Å². The van der Waals surface area contributed by atoms with Crippen LogP contribution in [0.3, 0.4) is 0 Å². The van der Waals surface area contributed by atoms with Crippen LogP contribution in [0.15, 0.2) is 38.3 Å². The van der Waals surface area contributed by atoms with Crippen molar-refractivity contribution in [2.75, 3.05) is 4.90 Å². The average Bonchev–Trinajstić information content (AvgIpc) is 3.16. The third-order valence-electron chi connectivity index (χ3n) is 7.49. The zero-order valence-electron chi connectivity index (χ0n) is 15.7. The number of nitrogens with one attached hydrogen (secondary N) is 1. The van der Waals surface area contributed by atoms with Crippen LogP contribution >= 0.6 is 43.5 Å². The lowest BCUT2D eigenvalue weighted by atomic mass is 9.65. The van der Waals surface area contributed by atoms with Crippen molar-refractivity contribution in [3.05, 3.63) is 38.9 Å². The summed E-state index contributed by atoms with van der Waals surface area (Å²) in [6.07, 6.45) is 4.61. The summed E-state index contributed by atoms with van der Waals surface area (Å²) in [5.41, 5.74) is 0.534. The predicted molar refractivity (Wildman–Crippen MR) is 117 cm³/mol. The van der Waals surface area contributed by atoms with E-state index in [1.54, 1.807) is 6.20 Å². The Balaban J connectivity index is 1.77. The van der Waals surface area contributed by atoms with Gasteiger partial charge in [-0.2, -0.15) is 4.99 Å². The van der Waals surface area contributed by atoms with Gasteiger partial charge in [0.2, 0.25) is 5.91 Å². The maximum Gasteiger partial charge on any atom is 0.343 e. The quantitative estimate of drug-likeness (QED) is 0.494. The number of hydrogen-bond donors (Lipinski definition) is 1. The molecule has 1 N–H and O–H groups in total. The Morgan fingerprint density at radius 2 is 1.97 bits per heavy atom. The molecule has 1 aromatic carbocycles. The summed E-state index contributed by atoms with van der Waals surface area (Å²) in [7, 11) is 0. The Bertz CT molecular complexity index is 1100. The third-order valence-corrected chi connectivity index (χ3v) is 10.0. The standard InChI is InChI=1S/C20H17Br2ClN4O2/c1-18(2)14(23)8-19-10-6-16(28)26(19)4-3-15-20(18,25-17(29)24-15)27(19)13-7-12(22)11(21)5-9(10)13/h3-5,7,10,14H,6,8H2,1-2H3,(H,25,29). The summed E-state index contributed by atoms with van der Waals surface area (Å²) in [4.78, 5) is 34.1. The summed E-state index contributed by atoms with van der Waals surface area (Å²) < 4.78 is 1.85. The lowest BCUT2D eigenvalue weighted by Gasteiger charge is -2.63. The number of alkyl halides is 1. The molecule has 5 aliphatic rings. The number of carbonyl (C=O) groups excluding carboxylic acids is 2. The fourth-order valence-electron chi connectivity index (χ4n) is 6.13. The summed E-state index contributed by atoms with van der Waals surface area (Å²) >= 11 is 14.3. The Morgan fingerprint density at radius 3 is 2.72 bits per heavy atom. The molecule has 5 heterocycles. The molecule has 2 spiro atoms. The number of amides is 3. The number of urea groups is 1. The molecule has 2 saturated heterocycles. The highest BCUT2D eigenvalue weighted by atomic mass is 79.9. The van der Waals surface area contributed by atoms with Crippen molar-refractivity contribution in [1.82, 2.24) is 10.2 Å². The van der Waals surface area contributed by atoms with Crippen LogP contribution in [0.4, 0.5) is 10.5 Å². The van der Waals surface area contributed by atoms with Crippen LogP contribution in [-0.2, 0) is 4.79 Å².